The largest absolute Gasteiger partial charge is 2.00 e. The number of para-hydroxylation sites is 2. The molecule has 0 aliphatic rings. The maximum absolute atomic E-state index is 4.87. The summed E-state index contributed by atoms with van der Waals surface area (Å²) in [7, 11) is 4.15. The van der Waals surface area contributed by atoms with E-state index in [0.717, 1.165) is 50.3 Å². The summed E-state index contributed by atoms with van der Waals surface area (Å²) in [6.45, 7) is 4.45. The van der Waals surface area contributed by atoms with Gasteiger partial charge < -0.3 is 9.13 Å². The van der Waals surface area contributed by atoms with Gasteiger partial charge >= 0.3 is 21.1 Å². The minimum atomic E-state index is -0.255. The Morgan fingerprint density at radius 2 is 1.44 bits per heavy atom. The second kappa shape index (κ2) is 9.18. The van der Waals surface area contributed by atoms with Crippen molar-refractivity contribution < 1.29 is 21.1 Å². The molecule has 4 nitrogen and oxygen atoms in total. The van der Waals surface area contributed by atoms with Gasteiger partial charge in [-0.2, -0.15) is 23.8 Å². The summed E-state index contributed by atoms with van der Waals surface area (Å²) in [6, 6.07) is 34.4. The number of fused-ring (bicyclic) bond motifs is 2. The number of hydrogen-bond acceptors (Lipinski definition) is 2. The standard InChI is InChI=1S/C31H26N4.Pt/c1-31(2,29-17-7-8-18-32-29)24-13-10-16-26-23(24)20-28(34(26)3)21-11-9-12-22(19-21)30-33-25-14-5-6-15-27(25)35(30)4;/h5-18H,1-4H3;/q-2;+2. The van der Waals surface area contributed by atoms with Crippen LogP contribution in [0.4, 0.5) is 0 Å². The minimum absolute atomic E-state index is 0. The Kier molecular flexibility index (Phi) is 6.18. The summed E-state index contributed by atoms with van der Waals surface area (Å²) in [5.41, 5.74) is 8.20. The first-order valence-electron chi connectivity index (χ1n) is 11.8. The van der Waals surface area contributed by atoms with Crippen LogP contribution >= 0.6 is 0 Å². The number of aryl methyl sites for hydroxylation is 2. The molecule has 5 heteroatoms. The normalized spacial score (nSPS) is 11.7. The molecule has 0 spiro atoms. The van der Waals surface area contributed by atoms with Crippen LogP contribution in [0.3, 0.4) is 0 Å². The molecule has 0 N–H and O–H groups in total. The van der Waals surface area contributed by atoms with Gasteiger partial charge in [0.05, 0.1) is 16.9 Å². The summed E-state index contributed by atoms with van der Waals surface area (Å²) in [6.07, 6.45) is 1.86. The first-order chi connectivity index (χ1) is 16.9. The fraction of sp³-hybridized carbons (Fsp3) is 0.161. The van der Waals surface area contributed by atoms with Crippen LogP contribution in [0.25, 0.3) is 44.6 Å². The number of imidazole rings is 1. The average molecular weight is 650 g/mol. The van der Waals surface area contributed by atoms with Crippen LogP contribution in [0.15, 0.2) is 85.1 Å². The summed E-state index contributed by atoms with van der Waals surface area (Å²) in [5, 5.41) is 1.11. The Labute approximate surface area is 225 Å². The molecule has 0 radical (unpaired) electrons. The molecule has 36 heavy (non-hydrogen) atoms. The third-order valence-corrected chi connectivity index (χ3v) is 7.04. The van der Waals surface area contributed by atoms with Crippen LogP contribution in [-0.2, 0) is 40.6 Å². The third-order valence-electron chi connectivity index (χ3n) is 7.04. The van der Waals surface area contributed by atoms with Crippen LogP contribution in [0.1, 0.15) is 25.1 Å². The van der Waals surface area contributed by atoms with Crippen molar-refractivity contribution in [2.24, 2.45) is 14.1 Å². The molecule has 0 fully saturated rings. The van der Waals surface area contributed by atoms with Crippen molar-refractivity contribution in [3.8, 4) is 22.6 Å². The summed E-state index contributed by atoms with van der Waals surface area (Å²) >= 11 is 0. The molecule has 180 valence electrons. The van der Waals surface area contributed by atoms with E-state index in [2.05, 4.69) is 103 Å². The molecule has 0 atom stereocenters. The van der Waals surface area contributed by atoms with Crippen molar-refractivity contribution >= 4 is 21.9 Å². The maximum Gasteiger partial charge on any atom is 2.00 e. The molecule has 0 bridgehead atoms. The molecule has 0 amide bonds. The first kappa shape index (κ1) is 24.2. The van der Waals surface area contributed by atoms with E-state index in [9.17, 15) is 0 Å². The zero-order valence-corrected chi connectivity index (χ0v) is 23.0. The average Bonchev–Trinajstić information content (AvgIpc) is 3.41. The van der Waals surface area contributed by atoms with Gasteiger partial charge in [0, 0.05) is 18.9 Å². The van der Waals surface area contributed by atoms with Crippen molar-refractivity contribution in [3.63, 3.8) is 0 Å². The first-order valence-corrected chi connectivity index (χ1v) is 11.8. The zero-order chi connectivity index (χ0) is 24.2. The molecule has 3 aromatic carbocycles. The molecule has 0 saturated heterocycles. The van der Waals surface area contributed by atoms with E-state index < -0.39 is 0 Å². The van der Waals surface area contributed by atoms with Gasteiger partial charge in [0.15, 0.2) is 0 Å². The summed E-state index contributed by atoms with van der Waals surface area (Å²) in [5.74, 6) is 0.906. The fourth-order valence-corrected chi connectivity index (χ4v) is 5.04. The summed E-state index contributed by atoms with van der Waals surface area (Å²) in [4.78, 5) is 9.53. The summed E-state index contributed by atoms with van der Waals surface area (Å²) < 4.78 is 4.33. The maximum atomic E-state index is 4.87. The minimum Gasteiger partial charge on any atom is -0.431 e. The van der Waals surface area contributed by atoms with Crippen molar-refractivity contribution in [1.29, 1.82) is 0 Å². The third kappa shape index (κ3) is 3.81. The second-order valence-electron chi connectivity index (χ2n) is 9.53. The van der Waals surface area contributed by atoms with Gasteiger partial charge in [-0.1, -0.05) is 49.7 Å². The van der Waals surface area contributed by atoms with Gasteiger partial charge in [-0.05, 0) is 42.2 Å². The molecule has 6 rings (SSSR count). The Hall–Kier alpha value is -3.49. The predicted octanol–water partition coefficient (Wildman–Crippen LogP) is 6.72. The number of benzene rings is 3. The quantitative estimate of drug-likeness (QED) is 0.199. The van der Waals surface area contributed by atoms with E-state index in [1.165, 1.54) is 5.56 Å². The van der Waals surface area contributed by atoms with Crippen molar-refractivity contribution in [1.82, 2.24) is 19.1 Å². The second-order valence-corrected chi connectivity index (χ2v) is 9.53. The van der Waals surface area contributed by atoms with E-state index in [1.54, 1.807) is 0 Å². The van der Waals surface area contributed by atoms with E-state index in [4.69, 9.17) is 4.98 Å². The number of nitrogens with zero attached hydrogens (tertiary/aromatic N) is 4. The van der Waals surface area contributed by atoms with E-state index in [0.29, 0.717) is 0 Å². The van der Waals surface area contributed by atoms with Crippen LogP contribution in [0.5, 0.6) is 0 Å². The Bertz CT molecular complexity index is 1690. The molecular formula is C31H26N4Pt. The SMILES string of the molecule is Cn1c(-c2[c-]c(-c3[c-]c4c(C(C)(C)c5ccccn5)cccc4n3C)ccc2)nc2ccccc21.[Pt+2]. The molecule has 0 aliphatic carbocycles. The zero-order valence-electron chi connectivity index (χ0n) is 20.7. The number of rotatable bonds is 4. The number of hydrogen-bond donors (Lipinski definition) is 0. The van der Waals surface area contributed by atoms with Crippen LogP contribution < -0.4 is 0 Å². The molecule has 0 unspecified atom stereocenters. The predicted molar refractivity (Wildman–Crippen MR) is 142 cm³/mol. The van der Waals surface area contributed by atoms with Gasteiger partial charge in [-0.25, -0.2) is 0 Å². The van der Waals surface area contributed by atoms with Gasteiger partial charge in [-0.15, -0.1) is 34.8 Å². The van der Waals surface area contributed by atoms with Gasteiger partial charge in [0.1, 0.15) is 0 Å². The van der Waals surface area contributed by atoms with Gasteiger partial charge in [-0.3, -0.25) is 9.97 Å². The van der Waals surface area contributed by atoms with Crippen molar-refractivity contribution in [2.45, 2.75) is 19.3 Å². The van der Waals surface area contributed by atoms with E-state index in [-0.39, 0.29) is 26.5 Å². The Morgan fingerprint density at radius 1 is 0.722 bits per heavy atom. The van der Waals surface area contributed by atoms with E-state index >= 15 is 0 Å². The van der Waals surface area contributed by atoms with Crippen molar-refractivity contribution in [3.05, 3.63) is 108 Å². The number of aromatic nitrogens is 4. The van der Waals surface area contributed by atoms with Crippen molar-refractivity contribution in [2.75, 3.05) is 0 Å². The van der Waals surface area contributed by atoms with Crippen LogP contribution in [0, 0.1) is 12.1 Å². The topological polar surface area (TPSA) is 35.6 Å². The molecule has 3 heterocycles. The Morgan fingerprint density at radius 3 is 2.22 bits per heavy atom. The monoisotopic (exact) mass is 649 g/mol. The molecular weight excluding hydrogens is 623 g/mol. The molecule has 3 aromatic heterocycles. The molecule has 0 aliphatic heterocycles. The smallest absolute Gasteiger partial charge is 0.431 e. The Balaban J connectivity index is 0.00000267. The van der Waals surface area contributed by atoms with Gasteiger partial charge in [0.2, 0.25) is 0 Å². The number of pyridine rings is 1. The van der Waals surface area contributed by atoms with E-state index in [1.807, 2.05) is 36.5 Å². The fourth-order valence-electron chi connectivity index (χ4n) is 5.04. The molecule has 6 aromatic rings. The van der Waals surface area contributed by atoms with Crippen LogP contribution in [0.2, 0.25) is 0 Å². The molecule has 0 saturated carbocycles. The van der Waals surface area contributed by atoms with Gasteiger partial charge in [0.25, 0.3) is 0 Å². The van der Waals surface area contributed by atoms with Crippen LogP contribution in [-0.4, -0.2) is 19.1 Å².